The van der Waals surface area contributed by atoms with Crippen LogP contribution in [0.4, 0.5) is 4.79 Å². The van der Waals surface area contributed by atoms with Crippen LogP contribution in [0, 0.1) is 0 Å². The fourth-order valence-electron chi connectivity index (χ4n) is 1.41. The van der Waals surface area contributed by atoms with Crippen LogP contribution < -0.4 is 0 Å². The highest BCUT2D eigenvalue weighted by molar-refractivity contribution is 9.11. The van der Waals surface area contributed by atoms with Crippen LogP contribution in [0.1, 0.15) is 4.88 Å². The summed E-state index contributed by atoms with van der Waals surface area (Å²) in [7, 11) is 1.54. The Balaban J connectivity index is 2.14. The molecule has 0 saturated carbocycles. The molecular formula is C11H10BrNO3S2. The maximum atomic E-state index is 12.0. The molecule has 1 fully saturated rings. The molecule has 2 heterocycles. The average Bonchev–Trinajstić information content (AvgIpc) is 2.84. The molecule has 0 N–H and O–H groups in total. The molecule has 1 saturated heterocycles. The van der Waals surface area contributed by atoms with Gasteiger partial charge in [0.1, 0.15) is 0 Å². The van der Waals surface area contributed by atoms with Gasteiger partial charge < -0.3 is 4.74 Å². The lowest BCUT2D eigenvalue weighted by Crippen LogP contribution is -2.31. The third-order valence-corrected chi connectivity index (χ3v) is 4.74. The molecular weight excluding hydrogens is 338 g/mol. The van der Waals surface area contributed by atoms with Crippen LogP contribution in [0.25, 0.3) is 6.08 Å². The number of halogens is 1. The summed E-state index contributed by atoms with van der Waals surface area (Å²) >= 11 is 5.85. The maximum Gasteiger partial charge on any atom is 0.293 e. The maximum absolute atomic E-state index is 12.0. The second kappa shape index (κ2) is 6.01. The molecule has 18 heavy (non-hydrogen) atoms. The van der Waals surface area contributed by atoms with Gasteiger partial charge in [0.2, 0.25) is 0 Å². The largest absolute Gasteiger partial charge is 0.383 e. The molecule has 7 heteroatoms. The number of nitrogens with zero attached hydrogens (tertiary/aromatic N) is 1. The highest BCUT2D eigenvalue weighted by Gasteiger charge is 2.34. The molecule has 0 unspecified atom stereocenters. The number of imide groups is 1. The van der Waals surface area contributed by atoms with Gasteiger partial charge in [-0.05, 0) is 45.9 Å². The normalized spacial score (nSPS) is 18.1. The van der Waals surface area contributed by atoms with Crippen molar-refractivity contribution in [2.24, 2.45) is 0 Å². The van der Waals surface area contributed by atoms with Crippen molar-refractivity contribution in [3.63, 3.8) is 0 Å². The Labute approximate surface area is 121 Å². The highest BCUT2D eigenvalue weighted by atomic mass is 79.9. The Bertz CT molecular complexity index is 512. The predicted molar refractivity (Wildman–Crippen MR) is 76.6 cm³/mol. The van der Waals surface area contributed by atoms with E-state index in [0.29, 0.717) is 18.1 Å². The third kappa shape index (κ3) is 3.03. The van der Waals surface area contributed by atoms with Crippen molar-refractivity contribution < 1.29 is 14.3 Å². The molecule has 0 bridgehead atoms. The molecule has 1 aromatic rings. The van der Waals surface area contributed by atoms with E-state index in [-0.39, 0.29) is 11.1 Å². The van der Waals surface area contributed by atoms with E-state index < -0.39 is 0 Å². The zero-order chi connectivity index (χ0) is 13.1. The SMILES string of the molecule is COCCN1C(=O)S/C(=C/c2ccc(Br)s2)C1=O. The number of thioether (sulfide) groups is 1. The smallest absolute Gasteiger partial charge is 0.293 e. The minimum absolute atomic E-state index is 0.237. The quantitative estimate of drug-likeness (QED) is 0.784. The minimum Gasteiger partial charge on any atom is -0.383 e. The predicted octanol–water partition coefficient (Wildman–Crippen LogP) is 3.19. The lowest BCUT2D eigenvalue weighted by Gasteiger charge is -2.10. The van der Waals surface area contributed by atoms with Gasteiger partial charge in [-0.2, -0.15) is 0 Å². The highest BCUT2D eigenvalue weighted by Crippen LogP contribution is 2.33. The number of amides is 2. The van der Waals surface area contributed by atoms with Gasteiger partial charge in [-0.1, -0.05) is 0 Å². The Morgan fingerprint density at radius 1 is 1.44 bits per heavy atom. The number of ether oxygens (including phenoxy) is 1. The number of carbonyl (C=O) groups excluding carboxylic acids is 2. The first kappa shape index (κ1) is 13.8. The van der Waals surface area contributed by atoms with Crippen LogP contribution in [0.5, 0.6) is 0 Å². The molecule has 0 aliphatic carbocycles. The summed E-state index contributed by atoms with van der Waals surface area (Å²) in [5.41, 5.74) is 0. The van der Waals surface area contributed by atoms with Crippen LogP contribution in [-0.4, -0.2) is 36.3 Å². The summed E-state index contributed by atoms with van der Waals surface area (Å²) in [4.78, 5) is 26.3. The molecule has 2 amide bonds. The van der Waals surface area contributed by atoms with E-state index in [1.165, 1.54) is 23.3 Å². The summed E-state index contributed by atoms with van der Waals surface area (Å²) in [6.07, 6.45) is 1.74. The molecule has 0 radical (unpaired) electrons. The number of rotatable bonds is 4. The number of carbonyl (C=O) groups is 2. The molecule has 0 spiro atoms. The van der Waals surface area contributed by atoms with E-state index in [1.807, 2.05) is 12.1 Å². The summed E-state index contributed by atoms with van der Waals surface area (Å²) in [6.45, 7) is 0.655. The number of hydrogen-bond donors (Lipinski definition) is 0. The van der Waals surface area contributed by atoms with Crippen LogP contribution in [0.2, 0.25) is 0 Å². The van der Waals surface area contributed by atoms with Crippen LogP contribution in [0.3, 0.4) is 0 Å². The third-order valence-electron chi connectivity index (χ3n) is 2.26. The van der Waals surface area contributed by atoms with E-state index in [0.717, 1.165) is 20.4 Å². The lowest BCUT2D eigenvalue weighted by atomic mass is 10.4. The van der Waals surface area contributed by atoms with E-state index in [9.17, 15) is 9.59 Å². The zero-order valence-electron chi connectivity index (χ0n) is 9.51. The first-order valence-corrected chi connectivity index (χ1v) is 7.54. The summed E-state index contributed by atoms with van der Waals surface area (Å²) in [6, 6.07) is 3.81. The molecule has 1 aliphatic rings. The summed E-state index contributed by atoms with van der Waals surface area (Å²) < 4.78 is 5.87. The van der Waals surface area contributed by atoms with Crippen LogP contribution in [-0.2, 0) is 9.53 Å². The second-order valence-corrected chi connectivity index (χ2v) is 6.96. The standard InChI is InChI=1S/C11H10BrNO3S2/c1-16-5-4-13-10(14)8(18-11(13)15)6-7-2-3-9(12)17-7/h2-3,6H,4-5H2,1H3/b8-6+. The Morgan fingerprint density at radius 2 is 2.22 bits per heavy atom. The van der Waals surface area contributed by atoms with Crippen molar-refractivity contribution in [2.45, 2.75) is 0 Å². The zero-order valence-corrected chi connectivity index (χ0v) is 12.7. The molecule has 96 valence electrons. The second-order valence-electron chi connectivity index (χ2n) is 3.47. The summed E-state index contributed by atoms with van der Waals surface area (Å²) in [5.74, 6) is -0.244. The monoisotopic (exact) mass is 347 g/mol. The van der Waals surface area contributed by atoms with Crippen molar-refractivity contribution in [1.29, 1.82) is 0 Å². The Hall–Kier alpha value is -0.630. The van der Waals surface area contributed by atoms with E-state index >= 15 is 0 Å². The first-order chi connectivity index (χ1) is 8.61. The van der Waals surface area contributed by atoms with Crippen molar-refractivity contribution in [3.05, 3.63) is 25.7 Å². The fraction of sp³-hybridized carbons (Fsp3) is 0.273. The van der Waals surface area contributed by atoms with Crippen molar-refractivity contribution >= 4 is 56.3 Å². The van der Waals surface area contributed by atoms with Gasteiger partial charge in [-0.25, -0.2) is 0 Å². The molecule has 4 nitrogen and oxygen atoms in total. The average molecular weight is 348 g/mol. The molecule has 2 rings (SSSR count). The van der Waals surface area contributed by atoms with Gasteiger partial charge in [0.25, 0.3) is 11.1 Å². The van der Waals surface area contributed by atoms with Crippen molar-refractivity contribution in [3.8, 4) is 0 Å². The van der Waals surface area contributed by atoms with Gasteiger partial charge >= 0.3 is 0 Å². The van der Waals surface area contributed by atoms with Gasteiger partial charge in [0.05, 0.1) is 21.8 Å². The van der Waals surface area contributed by atoms with E-state index in [4.69, 9.17) is 4.74 Å². The van der Waals surface area contributed by atoms with Crippen molar-refractivity contribution in [1.82, 2.24) is 4.90 Å². The van der Waals surface area contributed by atoms with Gasteiger partial charge in [-0.15, -0.1) is 11.3 Å². The Kier molecular flexibility index (Phi) is 4.60. The number of methoxy groups -OCH3 is 1. The van der Waals surface area contributed by atoms with E-state index in [2.05, 4.69) is 15.9 Å². The van der Waals surface area contributed by atoms with Crippen LogP contribution in [0.15, 0.2) is 20.8 Å². The lowest BCUT2D eigenvalue weighted by molar-refractivity contribution is -0.123. The molecule has 0 atom stereocenters. The topological polar surface area (TPSA) is 46.6 Å². The van der Waals surface area contributed by atoms with E-state index in [1.54, 1.807) is 6.08 Å². The summed E-state index contributed by atoms with van der Waals surface area (Å²) in [5, 5.41) is -0.237. The minimum atomic E-state index is -0.244. The van der Waals surface area contributed by atoms with Crippen molar-refractivity contribution in [2.75, 3.05) is 20.3 Å². The Morgan fingerprint density at radius 3 is 2.83 bits per heavy atom. The molecule has 1 aromatic heterocycles. The van der Waals surface area contributed by atoms with Gasteiger partial charge in [-0.3, -0.25) is 14.5 Å². The number of thiophene rings is 1. The molecule has 0 aromatic carbocycles. The van der Waals surface area contributed by atoms with Crippen LogP contribution >= 0.6 is 39.0 Å². The van der Waals surface area contributed by atoms with Gasteiger partial charge in [0, 0.05) is 12.0 Å². The van der Waals surface area contributed by atoms with Gasteiger partial charge in [0.15, 0.2) is 0 Å². The molecule has 1 aliphatic heterocycles. The fourth-order valence-corrected chi connectivity index (χ4v) is 3.71. The first-order valence-electron chi connectivity index (χ1n) is 5.11. The number of hydrogen-bond acceptors (Lipinski definition) is 5.